The zero-order valence-corrected chi connectivity index (χ0v) is 6.96. The van der Waals surface area contributed by atoms with Crippen LogP contribution < -0.4 is 0 Å². The normalized spacial score (nSPS) is 15.1. The molecule has 0 aliphatic rings. The topological polar surface area (TPSA) is 57.5 Å². The number of aliphatic hydroxyl groups is 1. The molecule has 1 radical (unpaired) electrons. The quantitative estimate of drug-likeness (QED) is 0.650. The third kappa shape index (κ3) is 6.08. The van der Waals surface area contributed by atoms with Gasteiger partial charge in [0.25, 0.3) is 0 Å². The first-order valence-corrected chi connectivity index (χ1v) is 2.92. The Morgan fingerprint density at radius 1 is 1.60 bits per heavy atom. The number of rotatable bonds is 3. The molecule has 2 N–H and O–H groups in total. The Hall–Kier alpha value is -0.0505. The van der Waals surface area contributed by atoms with Gasteiger partial charge in [0.15, 0.2) is 0 Å². The average Bonchev–Trinajstić information content (AvgIpc) is 1.63. The van der Waals surface area contributed by atoms with E-state index < -0.39 is 11.6 Å². The van der Waals surface area contributed by atoms with Crippen LogP contribution in [-0.4, -0.2) is 21.8 Å². The summed E-state index contributed by atoms with van der Waals surface area (Å²) in [5.74, 6) is -0.957. The molecule has 1 atom stereocenters. The maximum absolute atomic E-state index is 10.0. The average molecular weight is 196 g/mol. The van der Waals surface area contributed by atoms with Crippen molar-refractivity contribution in [1.29, 1.82) is 0 Å². The summed E-state index contributed by atoms with van der Waals surface area (Å²) in [5, 5.41) is 17.3. The summed E-state index contributed by atoms with van der Waals surface area (Å²) in [7, 11) is 0. The number of carboxylic acid groups (broad SMARTS) is 1. The molecule has 0 saturated carbocycles. The molecule has 0 rings (SSSR count). The van der Waals surface area contributed by atoms with Gasteiger partial charge in [-0.3, -0.25) is 4.79 Å². The van der Waals surface area contributed by atoms with Crippen LogP contribution in [0.2, 0.25) is 0 Å². The second kappa shape index (κ2) is 4.72. The van der Waals surface area contributed by atoms with Gasteiger partial charge in [-0.05, 0) is 13.3 Å². The van der Waals surface area contributed by atoms with Crippen molar-refractivity contribution in [3.8, 4) is 0 Å². The van der Waals surface area contributed by atoms with Crippen LogP contribution in [0.1, 0.15) is 26.7 Å². The van der Waals surface area contributed by atoms with E-state index in [0.29, 0.717) is 6.42 Å². The molecule has 0 aliphatic heterocycles. The van der Waals surface area contributed by atoms with Crippen LogP contribution in [0.25, 0.3) is 0 Å². The van der Waals surface area contributed by atoms with Gasteiger partial charge >= 0.3 is 5.97 Å². The summed E-state index contributed by atoms with van der Waals surface area (Å²) in [6.45, 7) is 3.27. The van der Waals surface area contributed by atoms with Crippen molar-refractivity contribution in [3.63, 3.8) is 0 Å². The van der Waals surface area contributed by atoms with Gasteiger partial charge in [-0.25, -0.2) is 0 Å². The fourth-order valence-electron chi connectivity index (χ4n) is 0.451. The summed E-state index contributed by atoms with van der Waals surface area (Å²) in [6, 6.07) is 0. The molecule has 0 aromatic rings. The van der Waals surface area contributed by atoms with Crippen molar-refractivity contribution in [2.75, 3.05) is 0 Å². The van der Waals surface area contributed by atoms with E-state index >= 15 is 0 Å². The van der Waals surface area contributed by atoms with Crippen molar-refractivity contribution >= 4 is 5.97 Å². The number of carboxylic acids is 1. The van der Waals surface area contributed by atoms with Crippen molar-refractivity contribution in [1.82, 2.24) is 0 Å². The number of hydrogen-bond acceptors (Lipinski definition) is 2. The second-order valence-electron chi connectivity index (χ2n) is 2.42. The van der Waals surface area contributed by atoms with Crippen molar-refractivity contribution < 1.29 is 32.1 Å². The number of carbonyl (C=O) groups is 1. The molecule has 10 heavy (non-hydrogen) atoms. The zero-order chi connectivity index (χ0) is 7.49. The Morgan fingerprint density at radius 2 is 2.00 bits per heavy atom. The molecule has 0 aromatic heterocycles. The van der Waals surface area contributed by atoms with Crippen LogP contribution in [0, 0.1) is 0 Å². The monoisotopic (exact) mass is 195 g/mol. The molecular formula is C6H12CuO3. The van der Waals surface area contributed by atoms with Crippen molar-refractivity contribution in [2.24, 2.45) is 0 Å². The van der Waals surface area contributed by atoms with Gasteiger partial charge < -0.3 is 10.2 Å². The summed E-state index contributed by atoms with van der Waals surface area (Å²) >= 11 is 0. The molecule has 0 fully saturated rings. The molecule has 0 aliphatic carbocycles. The third-order valence-electron chi connectivity index (χ3n) is 1.29. The Labute approximate surface area is 70.9 Å². The molecule has 0 bridgehead atoms. The van der Waals surface area contributed by atoms with Crippen molar-refractivity contribution in [2.45, 2.75) is 32.3 Å². The minimum absolute atomic E-state index is 0. The summed E-state index contributed by atoms with van der Waals surface area (Å²) in [4.78, 5) is 10.0. The van der Waals surface area contributed by atoms with E-state index in [-0.39, 0.29) is 23.5 Å². The van der Waals surface area contributed by atoms with E-state index in [9.17, 15) is 4.79 Å². The molecule has 0 spiro atoms. The minimum atomic E-state index is -1.04. The number of hydrogen-bond donors (Lipinski definition) is 2. The Balaban J connectivity index is 0. The molecule has 0 saturated heterocycles. The van der Waals surface area contributed by atoms with E-state index in [4.69, 9.17) is 10.2 Å². The summed E-state index contributed by atoms with van der Waals surface area (Å²) < 4.78 is 0. The molecule has 0 heterocycles. The molecule has 0 amide bonds. The van der Waals surface area contributed by atoms with Gasteiger partial charge in [0, 0.05) is 17.1 Å². The predicted molar refractivity (Wildman–Crippen MR) is 33.2 cm³/mol. The van der Waals surface area contributed by atoms with E-state index in [1.54, 1.807) is 6.92 Å². The van der Waals surface area contributed by atoms with Crippen LogP contribution in [0.5, 0.6) is 0 Å². The number of aliphatic carboxylic acids is 1. The van der Waals surface area contributed by atoms with Gasteiger partial charge in [-0.1, -0.05) is 6.92 Å². The van der Waals surface area contributed by atoms with Crippen molar-refractivity contribution in [3.05, 3.63) is 0 Å². The standard InChI is InChI=1S/C6H12O3.Cu/c1-3-6(2,9)4-5(7)8;/h9H,3-4H2,1-2H3,(H,7,8);. The summed E-state index contributed by atoms with van der Waals surface area (Å²) in [5.41, 5.74) is -1.04. The molecule has 0 aromatic carbocycles. The first-order chi connectivity index (χ1) is 3.98. The van der Waals surface area contributed by atoms with Gasteiger partial charge in [0.1, 0.15) is 0 Å². The van der Waals surface area contributed by atoms with Gasteiger partial charge in [0.2, 0.25) is 0 Å². The molecular weight excluding hydrogens is 184 g/mol. The predicted octanol–water partition coefficient (Wildman–Crippen LogP) is 0.620. The third-order valence-corrected chi connectivity index (χ3v) is 1.29. The molecule has 3 nitrogen and oxygen atoms in total. The maximum Gasteiger partial charge on any atom is 0.306 e. The molecule has 1 unspecified atom stereocenters. The van der Waals surface area contributed by atoms with Gasteiger partial charge in [-0.15, -0.1) is 0 Å². The Bertz CT molecular complexity index is 112. The van der Waals surface area contributed by atoms with Crippen LogP contribution in [-0.2, 0) is 21.9 Å². The van der Waals surface area contributed by atoms with E-state index in [1.165, 1.54) is 6.92 Å². The fraction of sp³-hybridized carbons (Fsp3) is 0.833. The largest absolute Gasteiger partial charge is 0.481 e. The van der Waals surface area contributed by atoms with Crippen LogP contribution in [0.3, 0.4) is 0 Å². The van der Waals surface area contributed by atoms with Crippen LogP contribution in [0.4, 0.5) is 0 Å². The van der Waals surface area contributed by atoms with E-state index in [2.05, 4.69) is 0 Å². The zero-order valence-electron chi connectivity index (χ0n) is 6.02. The maximum atomic E-state index is 10.0. The Kier molecular flexibility index (Phi) is 5.95. The van der Waals surface area contributed by atoms with Gasteiger partial charge in [0.05, 0.1) is 12.0 Å². The first kappa shape index (κ1) is 12.6. The van der Waals surface area contributed by atoms with Crippen LogP contribution in [0.15, 0.2) is 0 Å². The first-order valence-electron chi connectivity index (χ1n) is 2.92. The minimum Gasteiger partial charge on any atom is -0.481 e. The molecule has 4 heteroatoms. The SMILES string of the molecule is CCC(C)(O)CC(=O)O.[Cu]. The van der Waals surface area contributed by atoms with E-state index in [0.717, 1.165) is 0 Å². The summed E-state index contributed by atoms with van der Waals surface area (Å²) in [6.07, 6.45) is 0.294. The molecule has 65 valence electrons. The second-order valence-corrected chi connectivity index (χ2v) is 2.42. The Morgan fingerprint density at radius 3 is 2.10 bits per heavy atom. The fourth-order valence-corrected chi connectivity index (χ4v) is 0.451. The smallest absolute Gasteiger partial charge is 0.306 e. The van der Waals surface area contributed by atoms with Crippen LogP contribution >= 0.6 is 0 Å². The van der Waals surface area contributed by atoms with Gasteiger partial charge in [-0.2, -0.15) is 0 Å². The van der Waals surface area contributed by atoms with E-state index in [1.807, 2.05) is 0 Å².